The summed E-state index contributed by atoms with van der Waals surface area (Å²) in [6.07, 6.45) is 10.7. The highest BCUT2D eigenvalue weighted by molar-refractivity contribution is 5.81. The molecule has 1 spiro atoms. The number of ether oxygens (including phenoxy) is 1. The number of fused-ring (bicyclic) bond motifs is 6. The normalized spacial score (nSPS) is 50.7. The number of rotatable bonds is 6. The van der Waals surface area contributed by atoms with Crippen LogP contribution >= 0.6 is 0 Å². The van der Waals surface area contributed by atoms with E-state index in [4.69, 9.17) is 4.74 Å². The number of carboxylic acids is 2. The maximum Gasteiger partial charge on any atom is 0.309 e. The number of hydrogen-bond donors (Lipinski definition) is 2. The first kappa shape index (κ1) is 30.2. The number of hydrogen-bond acceptors (Lipinski definition) is 4. The summed E-state index contributed by atoms with van der Waals surface area (Å²) in [7, 11) is 0. The molecule has 3 unspecified atom stereocenters. The fourth-order valence-corrected chi connectivity index (χ4v) is 13.1. The highest BCUT2D eigenvalue weighted by Crippen LogP contribution is 2.87. The van der Waals surface area contributed by atoms with E-state index in [0.29, 0.717) is 17.8 Å². The molecule has 6 aliphatic carbocycles. The molecule has 0 heterocycles. The molecule has 0 saturated heterocycles. The number of allylic oxidation sites excluding steroid dienone is 1. The first-order valence-corrected chi connectivity index (χ1v) is 16.7. The Morgan fingerprint density at radius 1 is 0.833 bits per heavy atom. The molecule has 0 aromatic carbocycles. The van der Waals surface area contributed by atoms with Gasteiger partial charge in [0, 0.05) is 5.41 Å². The van der Waals surface area contributed by atoms with Gasteiger partial charge in [0.25, 0.3) is 0 Å². The first-order chi connectivity index (χ1) is 19.4. The second kappa shape index (κ2) is 8.87. The van der Waals surface area contributed by atoms with Gasteiger partial charge in [-0.2, -0.15) is 0 Å². The molecule has 0 aromatic rings. The third-order valence-corrected chi connectivity index (χ3v) is 15.9. The molecule has 6 nitrogen and oxygen atoms in total. The van der Waals surface area contributed by atoms with Crippen molar-refractivity contribution < 1.29 is 29.3 Å². The Balaban J connectivity index is 1.28. The van der Waals surface area contributed by atoms with Crippen LogP contribution in [0.2, 0.25) is 0 Å². The first-order valence-electron chi connectivity index (χ1n) is 16.7. The molecular formula is C36H54O6. The van der Waals surface area contributed by atoms with Gasteiger partial charge >= 0.3 is 17.9 Å². The molecule has 0 aromatic heterocycles. The van der Waals surface area contributed by atoms with Gasteiger partial charge in [-0.1, -0.05) is 39.8 Å². The minimum Gasteiger partial charge on any atom is -0.481 e. The fraction of sp³-hybridized carbons (Fsp3) is 0.861. The van der Waals surface area contributed by atoms with Crippen LogP contribution in [0.25, 0.3) is 0 Å². The molecule has 42 heavy (non-hydrogen) atoms. The van der Waals surface area contributed by atoms with Crippen molar-refractivity contribution in [1.82, 2.24) is 0 Å². The molecule has 0 aliphatic heterocycles. The van der Waals surface area contributed by atoms with Crippen LogP contribution in [-0.2, 0) is 19.1 Å². The zero-order chi connectivity index (χ0) is 30.9. The summed E-state index contributed by atoms with van der Waals surface area (Å²) < 4.78 is 6.14. The molecule has 234 valence electrons. The van der Waals surface area contributed by atoms with Crippen molar-refractivity contribution in [3.63, 3.8) is 0 Å². The quantitative estimate of drug-likeness (QED) is 0.244. The minimum absolute atomic E-state index is 0.0658. The Morgan fingerprint density at radius 3 is 2.12 bits per heavy atom. The van der Waals surface area contributed by atoms with E-state index >= 15 is 0 Å². The Bertz CT molecular complexity index is 1240. The smallest absolute Gasteiger partial charge is 0.309 e. The Labute approximate surface area is 252 Å². The molecule has 0 amide bonds. The molecule has 6 saturated carbocycles. The largest absolute Gasteiger partial charge is 0.481 e. The van der Waals surface area contributed by atoms with Crippen molar-refractivity contribution in [2.75, 3.05) is 0 Å². The molecule has 6 heteroatoms. The van der Waals surface area contributed by atoms with Crippen LogP contribution in [0.15, 0.2) is 12.2 Å². The van der Waals surface area contributed by atoms with E-state index in [1.807, 2.05) is 0 Å². The van der Waals surface area contributed by atoms with E-state index < -0.39 is 22.8 Å². The van der Waals surface area contributed by atoms with Gasteiger partial charge in [-0.3, -0.25) is 14.4 Å². The van der Waals surface area contributed by atoms with Crippen LogP contribution in [0.3, 0.4) is 0 Å². The lowest BCUT2D eigenvalue weighted by molar-refractivity contribution is -0.240. The predicted molar refractivity (Wildman–Crippen MR) is 160 cm³/mol. The third kappa shape index (κ3) is 3.47. The van der Waals surface area contributed by atoms with Crippen molar-refractivity contribution in [3.05, 3.63) is 12.2 Å². The average molecular weight is 583 g/mol. The molecule has 6 rings (SSSR count). The standard InChI is InChI=1S/C36H54O6/c1-21(2)22-11-14-35(29(40)41)17-15-31(5)23(27(22)35)9-10-24-32(31,6)16-18-36-20-34(36,8)25(12-13-33(24,36)7)42-26(37)19-30(3,4)28(38)39/h22-25,27H,1,9-20H2,2-8H3,(H,38,39)(H,40,41)/t22-,23?,24-,25?,27+,31+,32+,33?,34+,35-,36-/m0/s1. The lowest BCUT2D eigenvalue weighted by Crippen LogP contribution is -2.66. The van der Waals surface area contributed by atoms with E-state index in [2.05, 4.69) is 41.2 Å². The lowest BCUT2D eigenvalue weighted by atomic mass is 9.32. The van der Waals surface area contributed by atoms with Gasteiger partial charge in [0.2, 0.25) is 0 Å². The van der Waals surface area contributed by atoms with Crippen LogP contribution < -0.4 is 0 Å². The summed E-state index contributed by atoms with van der Waals surface area (Å²) in [5.74, 6) is -0.481. The van der Waals surface area contributed by atoms with Gasteiger partial charge < -0.3 is 14.9 Å². The van der Waals surface area contributed by atoms with Gasteiger partial charge in [-0.25, -0.2) is 0 Å². The minimum atomic E-state index is -1.14. The SMILES string of the molecule is C=C(C)[C@@H]1CC[C@]2(C(=O)O)CC[C@]3(C)C(CC[C@@H]4C5(C)CCC(OC(=O)CC(C)(C)C(=O)O)[C@@]6(C)C[C@@]56CC[C@]43C)[C@@H]12. The monoisotopic (exact) mass is 582 g/mol. The van der Waals surface area contributed by atoms with Gasteiger partial charge in [-0.05, 0) is 137 Å². The summed E-state index contributed by atoms with van der Waals surface area (Å²) in [4.78, 5) is 37.5. The summed E-state index contributed by atoms with van der Waals surface area (Å²) in [5.41, 5.74) is -0.0951. The van der Waals surface area contributed by atoms with Crippen LogP contribution in [0.4, 0.5) is 0 Å². The molecule has 6 aliphatic rings. The van der Waals surface area contributed by atoms with E-state index in [-0.39, 0.29) is 51.5 Å². The number of aliphatic carboxylic acids is 2. The van der Waals surface area contributed by atoms with Crippen molar-refractivity contribution in [3.8, 4) is 0 Å². The summed E-state index contributed by atoms with van der Waals surface area (Å²) >= 11 is 0. The van der Waals surface area contributed by atoms with Crippen LogP contribution in [0.5, 0.6) is 0 Å². The number of carboxylic acid groups (broad SMARTS) is 2. The topological polar surface area (TPSA) is 101 Å². The fourth-order valence-electron chi connectivity index (χ4n) is 13.1. The van der Waals surface area contributed by atoms with Crippen LogP contribution in [0.1, 0.15) is 126 Å². The van der Waals surface area contributed by atoms with E-state index in [0.717, 1.165) is 70.6 Å². The Morgan fingerprint density at radius 2 is 1.50 bits per heavy atom. The highest BCUT2D eigenvalue weighted by Gasteiger charge is 2.82. The zero-order valence-corrected chi connectivity index (χ0v) is 27.1. The second-order valence-corrected chi connectivity index (χ2v) is 17.5. The van der Waals surface area contributed by atoms with Crippen molar-refractivity contribution >= 4 is 17.9 Å². The molecular weight excluding hydrogens is 528 g/mol. The summed E-state index contributed by atoms with van der Waals surface area (Å²) in [6, 6.07) is 0. The maximum absolute atomic E-state index is 13.0. The number of carbonyl (C=O) groups excluding carboxylic acids is 1. The van der Waals surface area contributed by atoms with Gasteiger partial charge in [-0.15, -0.1) is 0 Å². The summed E-state index contributed by atoms with van der Waals surface area (Å²) in [5, 5.41) is 20.1. The van der Waals surface area contributed by atoms with Gasteiger partial charge in [0.05, 0.1) is 17.3 Å². The van der Waals surface area contributed by atoms with E-state index in [1.165, 1.54) is 5.57 Å². The lowest BCUT2D eigenvalue weighted by Gasteiger charge is -2.72. The van der Waals surface area contributed by atoms with Gasteiger partial charge in [0.15, 0.2) is 0 Å². The second-order valence-electron chi connectivity index (χ2n) is 17.5. The Kier molecular flexibility index (Phi) is 6.38. The Hall–Kier alpha value is -1.85. The number of esters is 1. The van der Waals surface area contributed by atoms with Crippen LogP contribution in [-0.4, -0.2) is 34.2 Å². The van der Waals surface area contributed by atoms with Crippen molar-refractivity contribution in [2.45, 2.75) is 132 Å². The molecule has 6 fully saturated rings. The van der Waals surface area contributed by atoms with E-state index in [9.17, 15) is 24.6 Å². The molecule has 0 bridgehead atoms. The molecule has 0 radical (unpaired) electrons. The van der Waals surface area contributed by atoms with Crippen molar-refractivity contribution in [2.24, 2.45) is 61.6 Å². The average Bonchev–Trinajstić information content (AvgIpc) is 3.33. The maximum atomic E-state index is 13.0. The zero-order valence-electron chi connectivity index (χ0n) is 27.1. The van der Waals surface area contributed by atoms with E-state index in [1.54, 1.807) is 13.8 Å². The predicted octanol–water partition coefficient (Wildman–Crippen LogP) is 7.90. The molecule has 2 N–H and O–H groups in total. The summed E-state index contributed by atoms with van der Waals surface area (Å²) in [6.45, 7) is 19.6. The number of carbonyl (C=O) groups is 3. The van der Waals surface area contributed by atoms with Gasteiger partial charge in [0.1, 0.15) is 6.10 Å². The third-order valence-electron chi connectivity index (χ3n) is 15.9. The highest BCUT2D eigenvalue weighted by atomic mass is 16.5. The molecule has 11 atom stereocenters. The van der Waals surface area contributed by atoms with Crippen LogP contribution in [0, 0.1) is 61.6 Å². The van der Waals surface area contributed by atoms with Crippen molar-refractivity contribution in [1.29, 1.82) is 0 Å².